The van der Waals surface area contributed by atoms with E-state index in [-0.39, 0.29) is 11.3 Å². The molecule has 0 aromatic rings. The molecule has 1 aliphatic heterocycles. The van der Waals surface area contributed by atoms with E-state index in [0.29, 0.717) is 12.3 Å². The quantitative estimate of drug-likeness (QED) is 0.630. The van der Waals surface area contributed by atoms with E-state index in [0.717, 1.165) is 19.4 Å². The number of amides is 1. The lowest BCUT2D eigenvalue weighted by Gasteiger charge is -2.32. The zero-order valence-corrected chi connectivity index (χ0v) is 9.55. The Bertz CT molecular complexity index is 227. The first-order chi connectivity index (χ1) is 6.45. The van der Waals surface area contributed by atoms with Crippen LogP contribution in [0.4, 0.5) is 0 Å². The van der Waals surface area contributed by atoms with Crippen LogP contribution in [-0.2, 0) is 4.79 Å². The normalized spacial score (nSPS) is 24.6. The van der Waals surface area contributed by atoms with Crippen LogP contribution >= 0.6 is 0 Å². The third-order valence-corrected chi connectivity index (χ3v) is 3.13. The monoisotopic (exact) mass is 195 g/mol. The number of likely N-dealkylation sites (tertiary alicyclic amines) is 1. The molecule has 0 bridgehead atoms. The molecule has 0 aromatic heterocycles. The van der Waals surface area contributed by atoms with Crippen LogP contribution in [0.15, 0.2) is 12.8 Å². The van der Waals surface area contributed by atoms with E-state index >= 15 is 0 Å². The van der Waals surface area contributed by atoms with Crippen LogP contribution < -0.4 is 0 Å². The van der Waals surface area contributed by atoms with Crippen molar-refractivity contribution >= 4 is 5.91 Å². The Morgan fingerprint density at radius 1 is 1.50 bits per heavy atom. The van der Waals surface area contributed by atoms with Gasteiger partial charge in [0.2, 0.25) is 5.91 Å². The molecule has 0 aromatic carbocycles. The number of carbonyl (C=O) groups excluding carboxylic acids is 1. The van der Waals surface area contributed by atoms with Crippen molar-refractivity contribution in [2.45, 2.75) is 40.0 Å². The van der Waals surface area contributed by atoms with Crippen molar-refractivity contribution in [3.05, 3.63) is 12.8 Å². The summed E-state index contributed by atoms with van der Waals surface area (Å²) < 4.78 is 0. The van der Waals surface area contributed by atoms with E-state index < -0.39 is 0 Å². The van der Waals surface area contributed by atoms with Crippen molar-refractivity contribution in [1.29, 1.82) is 0 Å². The molecular weight excluding hydrogens is 174 g/mol. The summed E-state index contributed by atoms with van der Waals surface area (Å²) in [6.45, 7) is 11.3. The van der Waals surface area contributed by atoms with Crippen LogP contribution in [-0.4, -0.2) is 17.4 Å². The molecule has 0 aliphatic carbocycles. The Kier molecular flexibility index (Phi) is 3.35. The molecule has 1 rings (SSSR count). The number of carbonyl (C=O) groups is 1. The van der Waals surface area contributed by atoms with E-state index in [4.69, 9.17) is 0 Å². The minimum Gasteiger partial charge on any atom is -0.319 e. The number of rotatable bonds is 1. The fourth-order valence-corrected chi connectivity index (χ4v) is 1.96. The second-order valence-electron chi connectivity index (χ2n) is 5.18. The second kappa shape index (κ2) is 4.16. The van der Waals surface area contributed by atoms with Crippen molar-refractivity contribution in [3.8, 4) is 0 Å². The van der Waals surface area contributed by atoms with Crippen molar-refractivity contribution in [2.24, 2.45) is 11.3 Å². The molecule has 0 N–H and O–H groups in total. The van der Waals surface area contributed by atoms with Crippen molar-refractivity contribution in [3.63, 3.8) is 0 Å². The van der Waals surface area contributed by atoms with Crippen LogP contribution in [0.3, 0.4) is 0 Å². The highest BCUT2D eigenvalue weighted by molar-refractivity contribution is 5.77. The Morgan fingerprint density at radius 2 is 2.14 bits per heavy atom. The summed E-state index contributed by atoms with van der Waals surface area (Å²) >= 11 is 0. The highest BCUT2D eigenvalue weighted by Gasteiger charge is 2.29. The van der Waals surface area contributed by atoms with E-state index in [1.165, 1.54) is 0 Å². The molecule has 2 heteroatoms. The first kappa shape index (κ1) is 11.3. The highest BCUT2D eigenvalue weighted by Crippen LogP contribution is 2.33. The van der Waals surface area contributed by atoms with Crippen LogP contribution in [0.1, 0.15) is 40.0 Å². The topological polar surface area (TPSA) is 20.3 Å². The second-order valence-corrected chi connectivity index (χ2v) is 5.18. The summed E-state index contributed by atoms with van der Waals surface area (Å²) in [6, 6.07) is 0. The summed E-state index contributed by atoms with van der Waals surface area (Å²) in [5, 5.41) is 0. The Hall–Kier alpha value is -0.790. The molecule has 0 radical (unpaired) electrons. The van der Waals surface area contributed by atoms with E-state index in [1.54, 1.807) is 11.1 Å². The van der Waals surface area contributed by atoms with Gasteiger partial charge in [-0.25, -0.2) is 0 Å². The van der Waals surface area contributed by atoms with Gasteiger partial charge in [0, 0.05) is 13.0 Å². The SMILES string of the molecule is C=CN1CC(C(C)(C)C)CCCC1=O. The smallest absolute Gasteiger partial charge is 0.226 e. The van der Waals surface area contributed by atoms with Gasteiger partial charge in [0.1, 0.15) is 0 Å². The number of hydrogen-bond donors (Lipinski definition) is 0. The third-order valence-electron chi connectivity index (χ3n) is 3.13. The van der Waals surface area contributed by atoms with E-state index in [9.17, 15) is 4.79 Å². The maximum absolute atomic E-state index is 11.6. The van der Waals surface area contributed by atoms with Gasteiger partial charge in [0.25, 0.3) is 0 Å². The lowest BCUT2D eigenvalue weighted by molar-refractivity contribution is -0.128. The fourth-order valence-electron chi connectivity index (χ4n) is 1.96. The van der Waals surface area contributed by atoms with Gasteiger partial charge < -0.3 is 4.90 Å². The predicted molar refractivity (Wildman–Crippen MR) is 58.7 cm³/mol. The zero-order chi connectivity index (χ0) is 10.8. The molecule has 1 saturated heterocycles. The minimum atomic E-state index is 0.228. The molecule has 0 spiro atoms. The summed E-state index contributed by atoms with van der Waals surface area (Å²) in [5.74, 6) is 0.818. The molecule has 80 valence electrons. The lowest BCUT2D eigenvalue weighted by atomic mass is 9.78. The number of nitrogens with zero attached hydrogens (tertiary/aromatic N) is 1. The number of hydrogen-bond acceptors (Lipinski definition) is 1. The Labute approximate surface area is 87.0 Å². The van der Waals surface area contributed by atoms with Gasteiger partial charge in [0.05, 0.1) is 0 Å². The predicted octanol–water partition coefficient (Wildman–Crippen LogP) is 2.80. The Balaban J connectivity index is 2.73. The zero-order valence-electron chi connectivity index (χ0n) is 9.55. The summed E-state index contributed by atoms with van der Waals surface area (Å²) in [6.07, 6.45) is 4.52. The van der Waals surface area contributed by atoms with Crippen LogP contribution in [0.5, 0.6) is 0 Å². The molecular formula is C12H21NO. The molecule has 1 aliphatic rings. The lowest BCUT2D eigenvalue weighted by Crippen LogP contribution is -2.33. The molecule has 1 unspecified atom stereocenters. The van der Waals surface area contributed by atoms with E-state index in [1.807, 2.05) is 0 Å². The maximum atomic E-state index is 11.6. The average molecular weight is 195 g/mol. The minimum absolute atomic E-state index is 0.228. The first-order valence-electron chi connectivity index (χ1n) is 5.37. The fraction of sp³-hybridized carbons (Fsp3) is 0.750. The first-order valence-corrected chi connectivity index (χ1v) is 5.37. The third kappa shape index (κ3) is 2.60. The van der Waals surface area contributed by atoms with Gasteiger partial charge in [-0.15, -0.1) is 0 Å². The average Bonchev–Trinajstić information content (AvgIpc) is 2.25. The molecule has 2 nitrogen and oxygen atoms in total. The molecule has 1 amide bonds. The van der Waals surface area contributed by atoms with E-state index in [2.05, 4.69) is 27.4 Å². The van der Waals surface area contributed by atoms with Gasteiger partial charge in [0.15, 0.2) is 0 Å². The largest absolute Gasteiger partial charge is 0.319 e. The Morgan fingerprint density at radius 3 is 2.64 bits per heavy atom. The van der Waals surface area contributed by atoms with Crippen molar-refractivity contribution in [2.75, 3.05) is 6.54 Å². The maximum Gasteiger partial charge on any atom is 0.226 e. The van der Waals surface area contributed by atoms with Gasteiger partial charge >= 0.3 is 0 Å². The van der Waals surface area contributed by atoms with Crippen LogP contribution in [0, 0.1) is 11.3 Å². The molecule has 1 heterocycles. The van der Waals surface area contributed by atoms with Gasteiger partial charge in [-0.1, -0.05) is 27.4 Å². The summed E-state index contributed by atoms with van der Waals surface area (Å²) in [5.41, 5.74) is 0.284. The highest BCUT2D eigenvalue weighted by atomic mass is 16.2. The molecule has 1 atom stereocenters. The molecule has 1 fully saturated rings. The van der Waals surface area contributed by atoms with Gasteiger partial charge in [-0.3, -0.25) is 4.79 Å². The standard InChI is InChI=1S/C12H21NO/c1-5-13-9-10(12(2,3)4)7-6-8-11(13)14/h5,10H,1,6-9H2,2-4H3. The van der Waals surface area contributed by atoms with Crippen LogP contribution in [0.25, 0.3) is 0 Å². The van der Waals surface area contributed by atoms with Gasteiger partial charge in [-0.2, -0.15) is 0 Å². The molecule has 0 saturated carbocycles. The molecule has 14 heavy (non-hydrogen) atoms. The van der Waals surface area contributed by atoms with Crippen LogP contribution in [0.2, 0.25) is 0 Å². The van der Waals surface area contributed by atoms with Crippen molar-refractivity contribution in [1.82, 2.24) is 4.90 Å². The van der Waals surface area contributed by atoms with Crippen molar-refractivity contribution < 1.29 is 4.79 Å². The summed E-state index contributed by atoms with van der Waals surface area (Å²) in [4.78, 5) is 13.4. The summed E-state index contributed by atoms with van der Waals surface area (Å²) in [7, 11) is 0. The van der Waals surface area contributed by atoms with Gasteiger partial charge in [-0.05, 0) is 30.4 Å².